The largest absolute Gasteiger partial charge is 0.461 e. The highest BCUT2D eigenvalue weighted by Crippen LogP contribution is 2.38. The number of alkyl halides is 5. The lowest BCUT2D eigenvalue weighted by Crippen LogP contribution is -2.46. The fourth-order valence-corrected chi connectivity index (χ4v) is 2.99. The number of halogens is 5. The summed E-state index contributed by atoms with van der Waals surface area (Å²) in [7, 11) is -3.55. The van der Waals surface area contributed by atoms with Gasteiger partial charge in [0.15, 0.2) is 0 Å². The van der Waals surface area contributed by atoms with Gasteiger partial charge in [0, 0.05) is 19.5 Å². The number of carbonyl (C=O) groups excluding carboxylic acids is 1. The molecule has 118 valence electrons. The molecule has 0 spiro atoms. The van der Waals surface area contributed by atoms with Crippen molar-refractivity contribution in [3.8, 4) is 0 Å². The third-order valence-corrected chi connectivity index (χ3v) is 4.40. The molecule has 1 rings (SSSR count). The third kappa shape index (κ3) is 3.87. The maximum absolute atomic E-state index is 12.8. The molecule has 1 fully saturated rings. The fourth-order valence-electron chi connectivity index (χ4n) is 2.04. The van der Waals surface area contributed by atoms with E-state index in [1.165, 1.54) is 0 Å². The van der Waals surface area contributed by atoms with Gasteiger partial charge in [-0.3, -0.25) is 4.79 Å². The smallest absolute Gasteiger partial charge is 0.293 e. The van der Waals surface area contributed by atoms with E-state index in [9.17, 15) is 35.2 Å². The van der Waals surface area contributed by atoms with Gasteiger partial charge in [-0.05, 0) is 18.8 Å². The number of sulfonamides is 1. The van der Waals surface area contributed by atoms with Crippen molar-refractivity contribution in [3.05, 3.63) is 0 Å². The van der Waals surface area contributed by atoms with E-state index >= 15 is 0 Å². The van der Waals surface area contributed by atoms with Crippen molar-refractivity contribution in [2.24, 2.45) is 5.92 Å². The number of Topliss-reactive ketones (excluding diaryl/α,β-unsaturated/α-hetero) is 1. The summed E-state index contributed by atoms with van der Waals surface area (Å²) in [5.74, 6) is -8.43. The number of piperidine rings is 1. The van der Waals surface area contributed by atoms with E-state index in [4.69, 9.17) is 0 Å². The first kappa shape index (κ1) is 17.3. The van der Waals surface area contributed by atoms with Crippen LogP contribution in [0, 0.1) is 5.92 Å². The average molecular weight is 323 g/mol. The molecule has 1 saturated heterocycles. The zero-order valence-electron chi connectivity index (χ0n) is 10.6. The van der Waals surface area contributed by atoms with Gasteiger partial charge in [0.05, 0.1) is 6.26 Å². The molecule has 4 nitrogen and oxygen atoms in total. The number of ketones is 1. The van der Waals surface area contributed by atoms with Gasteiger partial charge < -0.3 is 0 Å². The van der Waals surface area contributed by atoms with Crippen LogP contribution in [0.3, 0.4) is 0 Å². The molecule has 0 N–H and O–H groups in total. The molecule has 1 atom stereocenters. The third-order valence-electron chi connectivity index (χ3n) is 3.13. The summed E-state index contributed by atoms with van der Waals surface area (Å²) in [4.78, 5) is 11.1. The number of hydrogen-bond donors (Lipinski definition) is 0. The Labute approximate surface area is 113 Å². The molecule has 1 aliphatic heterocycles. The van der Waals surface area contributed by atoms with Crippen LogP contribution in [-0.4, -0.2) is 50.0 Å². The number of nitrogens with zero attached hydrogens (tertiary/aromatic N) is 1. The number of rotatable bonds is 4. The lowest BCUT2D eigenvalue weighted by molar-refractivity contribution is -0.269. The van der Waals surface area contributed by atoms with E-state index in [0.29, 0.717) is 6.42 Å². The van der Waals surface area contributed by atoms with E-state index in [1.807, 2.05) is 0 Å². The van der Waals surface area contributed by atoms with Crippen molar-refractivity contribution in [2.45, 2.75) is 31.4 Å². The summed E-state index contributed by atoms with van der Waals surface area (Å²) < 4.78 is 85.2. The Kier molecular flexibility index (Phi) is 4.79. The van der Waals surface area contributed by atoms with Gasteiger partial charge in [0.25, 0.3) is 0 Å². The molecule has 0 aromatic rings. The maximum Gasteiger partial charge on any atom is 0.461 e. The highest BCUT2D eigenvalue weighted by Gasteiger charge is 2.62. The van der Waals surface area contributed by atoms with E-state index in [0.717, 1.165) is 10.6 Å². The zero-order valence-corrected chi connectivity index (χ0v) is 11.4. The monoisotopic (exact) mass is 323 g/mol. The normalized spacial score (nSPS) is 22.8. The molecule has 1 heterocycles. The van der Waals surface area contributed by atoms with Crippen molar-refractivity contribution in [2.75, 3.05) is 19.3 Å². The minimum Gasteiger partial charge on any atom is -0.293 e. The second-order valence-corrected chi connectivity index (χ2v) is 6.81. The molecule has 0 radical (unpaired) electrons. The van der Waals surface area contributed by atoms with Crippen LogP contribution in [0.5, 0.6) is 0 Å². The molecule has 0 amide bonds. The summed E-state index contributed by atoms with van der Waals surface area (Å²) in [6.07, 6.45) is -5.43. The zero-order chi connectivity index (χ0) is 15.8. The van der Waals surface area contributed by atoms with Crippen molar-refractivity contribution >= 4 is 15.8 Å². The van der Waals surface area contributed by atoms with Crippen LogP contribution < -0.4 is 0 Å². The van der Waals surface area contributed by atoms with Crippen molar-refractivity contribution in [1.29, 1.82) is 0 Å². The van der Waals surface area contributed by atoms with Crippen LogP contribution in [0.15, 0.2) is 0 Å². The fraction of sp³-hybridized carbons (Fsp3) is 0.900. The predicted molar refractivity (Wildman–Crippen MR) is 59.8 cm³/mol. The molecule has 1 unspecified atom stereocenters. The Morgan fingerprint density at radius 1 is 1.25 bits per heavy atom. The quantitative estimate of drug-likeness (QED) is 0.742. The second-order valence-electron chi connectivity index (χ2n) is 4.83. The van der Waals surface area contributed by atoms with E-state index in [-0.39, 0.29) is 19.5 Å². The molecule has 0 aromatic carbocycles. The Hall–Kier alpha value is -0.770. The van der Waals surface area contributed by atoms with E-state index in [1.54, 1.807) is 0 Å². The lowest BCUT2D eigenvalue weighted by Gasteiger charge is -2.31. The molecule has 0 saturated carbocycles. The molecule has 0 aliphatic carbocycles. The minimum atomic E-state index is -5.92. The van der Waals surface area contributed by atoms with Crippen LogP contribution >= 0.6 is 0 Å². The SMILES string of the molecule is CS(=O)(=O)N1CCCC(CC(=O)C(F)(F)C(F)(F)F)C1. The molecular formula is C10H14F5NO3S. The highest BCUT2D eigenvalue weighted by atomic mass is 32.2. The van der Waals surface area contributed by atoms with Crippen LogP contribution in [0.1, 0.15) is 19.3 Å². The van der Waals surface area contributed by atoms with Gasteiger partial charge >= 0.3 is 12.1 Å². The summed E-state index contributed by atoms with van der Waals surface area (Å²) in [5.41, 5.74) is 0. The van der Waals surface area contributed by atoms with E-state index in [2.05, 4.69) is 0 Å². The van der Waals surface area contributed by atoms with Crippen LogP contribution in [0.25, 0.3) is 0 Å². The van der Waals surface area contributed by atoms with Gasteiger partial charge in [-0.2, -0.15) is 22.0 Å². The Morgan fingerprint density at radius 3 is 2.25 bits per heavy atom. The Bertz CT molecular complexity index is 474. The number of hydrogen-bond acceptors (Lipinski definition) is 3. The van der Waals surface area contributed by atoms with Crippen LogP contribution in [0.4, 0.5) is 22.0 Å². The minimum absolute atomic E-state index is 0.180. The summed E-state index contributed by atoms with van der Waals surface area (Å²) in [6, 6.07) is 0. The van der Waals surface area contributed by atoms with Gasteiger partial charge in [-0.25, -0.2) is 12.7 Å². The van der Waals surface area contributed by atoms with Gasteiger partial charge in [-0.15, -0.1) is 0 Å². The lowest BCUT2D eigenvalue weighted by atomic mass is 9.92. The summed E-state index contributed by atoms with van der Waals surface area (Å²) >= 11 is 0. The Morgan fingerprint density at radius 2 is 1.80 bits per heavy atom. The van der Waals surface area contributed by atoms with Crippen LogP contribution in [-0.2, 0) is 14.8 Å². The van der Waals surface area contributed by atoms with Gasteiger partial charge in [0.1, 0.15) is 0 Å². The van der Waals surface area contributed by atoms with Crippen molar-refractivity contribution in [3.63, 3.8) is 0 Å². The second kappa shape index (κ2) is 5.55. The number of carbonyl (C=O) groups is 1. The predicted octanol–water partition coefficient (Wildman–Crippen LogP) is 1.81. The average Bonchev–Trinajstić information content (AvgIpc) is 2.26. The first-order chi connectivity index (χ1) is 8.85. The van der Waals surface area contributed by atoms with Crippen LogP contribution in [0.2, 0.25) is 0 Å². The maximum atomic E-state index is 12.8. The molecule has 20 heavy (non-hydrogen) atoms. The molecule has 10 heteroatoms. The molecule has 1 aliphatic rings. The van der Waals surface area contributed by atoms with Crippen molar-refractivity contribution in [1.82, 2.24) is 4.31 Å². The van der Waals surface area contributed by atoms with Gasteiger partial charge in [-0.1, -0.05) is 0 Å². The Balaban J connectivity index is 2.72. The molecule has 0 aromatic heterocycles. The topological polar surface area (TPSA) is 54.5 Å². The highest BCUT2D eigenvalue weighted by molar-refractivity contribution is 7.88. The van der Waals surface area contributed by atoms with Crippen molar-refractivity contribution < 1.29 is 35.2 Å². The standard InChI is InChI=1S/C10H14F5NO3S/c1-20(18,19)16-4-2-3-7(6-16)5-8(17)9(11,12)10(13,14)15/h7H,2-6H2,1H3. The molecule has 0 bridgehead atoms. The first-order valence-corrected chi connectivity index (χ1v) is 7.63. The van der Waals surface area contributed by atoms with Gasteiger partial charge in [0.2, 0.25) is 15.8 Å². The summed E-state index contributed by atoms with van der Waals surface area (Å²) in [5, 5.41) is 0. The molecular weight excluding hydrogens is 309 g/mol. The summed E-state index contributed by atoms with van der Waals surface area (Å²) in [6.45, 7) is -0.0301. The van der Waals surface area contributed by atoms with E-state index < -0.39 is 40.2 Å². The first-order valence-electron chi connectivity index (χ1n) is 5.78.